The van der Waals surface area contributed by atoms with Gasteiger partial charge >= 0.3 is 0 Å². The molecular formula is C11H19N3O2. The van der Waals surface area contributed by atoms with Gasteiger partial charge in [0.15, 0.2) is 0 Å². The Morgan fingerprint density at radius 2 is 2.50 bits per heavy atom. The van der Waals surface area contributed by atoms with Gasteiger partial charge in [0, 0.05) is 37.9 Å². The SMILES string of the molecule is CCn1cc(CN2CCOC(CO)C2)cn1. The number of hydrogen-bond acceptors (Lipinski definition) is 4. The first-order valence-electron chi connectivity index (χ1n) is 5.78. The zero-order chi connectivity index (χ0) is 11.4. The van der Waals surface area contributed by atoms with E-state index in [0.717, 1.165) is 26.2 Å². The van der Waals surface area contributed by atoms with Crippen LogP contribution in [0.25, 0.3) is 0 Å². The average molecular weight is 225 g/mol. The number of rotatable bonds is 4. The number of aryl methyl sites for hydroxylation is 1. The summed E-state index contributed by atoms with van der Waals surface area (Å²) in [6, 6.07) is 0. The summed E-state index contributed by atoms with van der Waals surface area (Å²) in [6.07, 6.45) is 3.95. The fourth-order valence-electron chi connectivity index (χ4n) is 1.95. The van der Waals surface area contributed by atoms with E-state index < -0.39 is 0 Å². The molecule has 1 aromatic heterocycles. The van der Waals surface area contributed by atoms with Gasteiger partial charge in [0.25, 0.3) is 0 Å². The predicted molar refractivity (Wildman–Crippen MR) is 60.0 cm³/mol. The second kappa shape index (κ2) is 5.43. The Hall–Kier alpha value is -0.910. The molecule has 0 bridgehead atoms. The van der Waals surface area contributed by atoms with Gasteiger partial charge in [-0.05, 0) is 6.92 Å². The van der Waals surface area contributed by atoms with Crippen LogP contribution in [0.1, 0.15) is 12.5 Å². The fraction of sp³-hybridized carbons (Fsp3) is 0.727. The molecule has 2 rings (SSSR count). The summed E-state index contributed by atoms with van der Waals surface area (Å²) >= 11 is 0. The molecule has 2 heterocycles. The highest BCUT2D eigenvalue weighted by atomic mass is 16.5. The van der Waals surface area contributed by atoms with Gasteiger partial charge in [0.2, 0.25) is 0 Å². The van der Waals surface area contributed by atoms with E-state index in [2.05, 4.69) is 23.1 Å². The van der Waals surface area contributed by atoms with E-state index in [1.807, 2.05) is 10.9 Å². The highest BCUT2D eigenvalue weighted by Gasteiger charge is 2.19. The Morgan fingerprint density at radius 3 is 3.19 bits per heavy atom. The Labute approximate surface area is 95.6 Å². The van der Waals surface area contributed by atoms with Crippen molar-refractivity contribution >= 4 is 0 Å². The molecule has 1 aliphatic heterocycles. The summed E-state index contributed by atoms with van der Waals surface area (Å²) in [4.78, 5) is 2.29. The Kier molecular flexibility index (Phi) is 3.93. The number of aromatic nitrogens is 2. The van der Waals surface area contributed by atoms with E-state index in [9.17, 15) is 0 Å². The first-order valence-corrected chi connectivity index (χ1v) is 5.78. The Bertz CT molecular complexity index is 327. The molecule has 90 valence electrons. The van der Waals surface area contributed by atoms with Crippen LogP contribution in [0.4, 0.5) is 0 Å². The minimum absolute atomic E-state index is 0.0324. The zero-order valence-corrected chi connectivity index (χ0v) is 9.67. The average Bonchev–Trinajstić information content (AvgIpc) is 2.77. The van der Waals surface area contributed by atoms with Crippen molar-refractivity contribution in [1.82, 2.24) is 14.7 Å². The molecule has 0 spiro atoms. The number of morpholine rings is 1. The molecule has 1 unspecified atom stereocenters. The van der Waals surface area contributed by atoms with Crippen molar-refractivity contribution in [3.05, 3.63) is 18.0 Å². The van der Waals surface area contributed by atoms with E-state index in [0.29, 0.717) is 6.61 Å². The van der Waals surface area contributed by atoms with Crippen molar-refractivity contribution in [2.45, 2.75) is 26.1 Å². The highest BCUT2D eigenvalue weighted by molar-refractivity contribution is 5.03. The quantitative estimate of drug-likeness (QED) is 0.789. The van der Waals surface area contributed by atoms with Crippen LogP contribution in [-0.4, -0.2) is 52.2 Å². The Morgan fingerprint density at radius 1 is 1.62 bits per heavy atom. The van der Waals surface area contributed by atoms with Gasteiger partial charge in [-0.15, -0.1) is 0 Å². The van der Waals surface area contributed by atoms with E-state index in [1.54, 1.807) is 0 Å². The van der Waals surface area contributed by atoms with E-state index >= 15 is 0 Å². The molecular weight excluding hydrogens is 206 g/mol. The molecule has 0 saturated carbocycles. The maximum absolute atomic E-state index is 9.05. The fourth-order valence-corrected chi connectivity index (χ4v) is 1.95. The summed E-state index contributed by atoms with van der Waals surface area (Å²) < 4.78 is 7.34. The lowest BCUT2D eigenvalue weighted by atomic mass is 10.2. The summed E-state index contributed by atoms with van der Waals surface area (Å²) in [5.41, 5.74) is 1.22. The second-order valence-electron chi connectivity index (χ2n) is 4.11. The maximum atomic E-state index is 9.05. The Balaban J connectivity index is 1.88. The number of ether oxygens (including phenoxy) is 1. The summed E-state index contributed by atoms with van der Waals surface area (Å²) in [7, 11) is 0. The molecule has 0 aliphatic carbocycles. The van der Waals surface area contributed by atoms with Crippen LogP contribution in [0.15, 0.2) is 12.4 Å². The van der Waals surface area contributed by atoms with Crippen molar-refractivity contribution in [3.63, 3.8) is 0 Å². The number of aliphatic hydroxyl groups excluding tert-OH is 1. The molecule has 1 saturated heterocycles. The topological polar surface area (TPSA) is 50.5 Å². The lowest BCUT2D eigenvalue weighted by Gasteiger charge is -2.31. The molecule has 1 aliphatic rings. The third-order valence-corrected chi connectivity index (χ3v) is 2.84. The molecule has 0 radical (unpaired) electrons. The van der Waals surface area contributed by atoms with Crippen molar-refractivity contribution in [2.75, 3.05) is 26.3 Å². The maximum Gasteiger partial charge on any atom is 0.0933 e. The summed E-state index contributed by atoms with van der Waals surface area (Å²) in [5, 5.41) is 13.3. The predicted octanol–water partition coefficient (Wildman–Crippen LogP) is 0.0961. The van der Waals surface area contributed by atoms with Crippen LogP contribution in [0.3, 0.4) is 0 Å². The second-order valence-corrected chi connectivity index (χ2v) is 4.11. The van der Waals surface area contributed by atoms with Crippen LogP contribution in [0.5, 0.6) is 0 Å². The third-order valence-electron chi connectivity index (χ3n) is 2.84. The van der Waals surface area contributed by atoms with Crippen molar-refractivity contribution in [3.8, 4) is 0 Å². The molecule has 0 amide bonds. The van der Waals surface area contributed by atoms with Gasteiger partial charge in [-0.1, -0.05) is 0 Å². The van der Waals surface area contributed by atoms with Crippen LogP contribution >= 0.6 is 0 Å². The highest BCUT2D eigenvalue weighted by Crippen LogP contribution is 2.09. The van der Waals surface area contributed by atoms with Gasteiger partial charge < -0.3 is 9.84 Å². The molecule has 0 aromatic carbocycles. The van der Waals surface area contributed by atoms with Gasteiger partial charge in [-0.2, -0.15) is 5.10 Å². The lowest BCUT2D eigenvalue weighted by molar-refractivity contribution is -0.0551. The minimum Gasteiger partial charge on any atom is -0.394 e. The van der Waals surface area contributed by atoms with Gasteiger partial charge in [-0.25, -0.2) is 0 Å². The molecule has 16 heavy (non-hydrogen) atoms. The van der Waals surface area contributed by atoms with Crippen molar-refractivity contribution in [1.29, 1.82) is 0 Å². The lowest BCUT2D eigenvalue weighted by Crippen LogP contribution is -2.43. The normalized spacial score (nSPS) is 22.5. The molecule has 1 N–H and O–H groups in total. The first kappa shape index (κ1) is 11.6. The largest absolute Gasteiger partial charge is 0.394 e. The van der Waals surface area contributed by atoms with Gasteiger partial charge in [-0.3, -0.25) is 9.58 Å². The first-order chi connectivity index (χ1) is 7.81. The molecule has 5 nitrogen and oxygen atoms in total. The molecule has 1 fully saturated rings. The van der Waals surface area contributed by atoms with Crippen LogP contribution < -0.4 is 0 Å². The number of hydrogen-bond donors (Lipinski definition) is 1. The van der Waals surface area contributed by atoms with E-state index in [4.69, 9.17) is 9.84 Å². The molecule has 1 aromatic rings. The van der Waals surface area contributed by atoms with Crippen molar-refractivity contribution < 1.29 is 9.84 Å². The summed E-state index contributed by atoms with van der Waals surface area (Å²) in [5.74, 6) is 0. The molecule has 1 atom stereocenters. The number of nitrogens with zero attached hydrogens (tertiary/aromatic N) is 3. The molecule has 5 heteroatoms. The third kappa shape index (κ3) is 2.81. The van der Waals surface area contributed by atoms with E-state index in [-0.39, 0.29) is 12.7 Å². The van der Waals surface area contributed by atoms with Crippen LogP contribution in [0, 0.1) is 0 Å². The zero-order valence-electron chi connectivity index (χ0n) is 9.67. The monoisotopic (exact) mass is 225 g/mol. The van der Waals surface area contributed by atoms with Gasteiger partial charge in [0.05, 0.1) is 25.5 Å². The number of aliphatic hydroxyl groups is 1. The van der Waals surface area contributed by atoms with Crippen molar-refractivity contribution in [2.24, 2.45) is 0 Å². The van der Waals surface area contributed by atoms with Crippen LogP contribution in [-0.2, 0) is 17.8 Å². The van der Waals surface area contributed by atoms with Crippen LogP contribution in [0.2, 0.25) is 0 Å². The smallest absolute Gasteiger partial charge is 0.0933 e. The standard InChI is InChI=1S/C11H19N3O2/c1-2-14-7-10(5-12-14)6-13-3-4-16-11(8-13)9-15/h5,7,11,15H,2-4,6,8-9H2,1H3. The van der Waals surface area contributed by atoms with Gasteiger partial charge in [0.1, 0.15) is 0 Å². The minimum atomic E-state index is -0.0324. The van der Waals surface area contributed by atoms with E-state index in [1.165, 1.54) is 5.56 Å². The summed E-state index contributed by atoms with van der Waals surface area (Å²) in [6.45, 7) is 6.40.